The van der Waals surface area contributed by atoms with Gasteiger partial charge < -0.3 is 10.1 Å². The van der Waals surface area contributed by atoms with Gasteiger partial charge in [-0.2, -0.15) is 0 Å². The number of hydrogen-bond acceptors (Lipinski definition) is 4. The maximum Gasteiger partial charge on any atom is 0.356 e. The summed E-state index contributed by atoms with van der Waals surface area (Å²) in [5.74, 6) is -0.427. The van der Waals surface area contributed by atoms with Crippen LogP contribution in [0, 0.1) is 6.92 Å². The summed E-state index contributed by atoms with van der Waals surface area (Å²) in [6.07, 6.45) is 0. The maximum absolute atomic E-state index is 11.5. The SMILES string of the molecule is CNc1cc(C(=O)OC)nc2ccc(C)cc12. The molecular weight excluding hydrogens is 216 g/mol. The van der Waals surface area contributed by atoms with Gasteiger partial charge in [0, 0.05) is 18.1 Å². The van der Waals surface area contributed by atoms with Crippen molar-refractivity contribution >= 4 is 22.6 Å². The molecular formula is C13H14N2O2. The van der Waals surface area contributed by atoms with Gasteiger partial charge in [0.1, 0.15) is 0 Å². The number of anilines is 1. The Morgan fingerprint density at radius 3 is 2.76 bits per heavy atom. The van der Waals surface area contributed by atoms with E-state index in [9.17, 15) is 4.79 Å². The molecule has 1 aromatic carbocycles. The molecule has 2 rings (SSSR count). The topological polar surface area (TPSA) is 51.2 Å². The Morgan fingerprint density at radius 1 is 1.35 bits per heavy atom. The third-order valence-electron chi connectivity index (χ3n) is 2.63. The van der Waals surface area contributed by atoms with Gasteiger partial charge in [0.25, 0.3) is 0 Å². The van der Waals surface area contributed by atoms with E-state index in [2.05, 4.69) is 15.0 Å². The standard InChI is InChI=1S/C13H14N2O2/c1-8-4-5-10-9(6-8)11(14-2)7-12(15-10)13(16)17-3/h4-7H,1-3H3,(H,14,15). The van der Waals surface area contributed by atoms with Crippen LogP contribution in [0.1, 0.15) is 16.1 Å². The smallest absolute Gasteiger partial charge is 0.356 e. The van der Waals surface area contributed by atoms with Crippen LogP contribution in [-0.2, 0) is 4.74 Å². The third-order valence-corrected chi connectivity index (χ3v) is 2.63. The molecule has 0 aliphatic carbocycles. The first-order valence-electron chi connectivity index (χ1n) is 5.33. The second kappa shape index (κ2) is 4.41. The van der Waals surface area contributed by atoms with Gasteiger partial charge in [-0.05, 0) is 25.1 Å². The van der Waals surface area contributed by atoms with Crippen molar-refractivity contribution in [1.82, 2.24) is 4.98 Å². The first kappa shape index (κ1) is 11.4. The van der Waals surface area contributed by atoms with E-state index in [-0.39, 0.29) is 0 Å². The van der Waals surface area contributed by atoms with Crippen molar-refractivity contribution in [3.05, 3.63) is 35.5 Å². The van der Waals surface area contributed by atoms with Crippen molar-refractivity contribution < 1.29 is 9.53 Å². The van der Waals surface area contributed by atoms with Crippen molar-refractivity contribution in [1.29, 1.82) is 0 Å². The summed E-state index contributed by atoms with van der Waals surface area (Å²) < 4.78 is 4.68. The Labute approximate surface area is 99.6 Å². The number of rotatable bonds is 2. The summed E-state index contributed by atoms with van der Waals surface area (Å²) in [7, 11) is 3.17. The van der Waals surface area contributed by atoms with Gasteiger partial charge in [-0.25, -0.2) is 9.78 Å². The molecule has 0 unspecified atom stereocenters. The number of fused-ring (bicyclic) bond motifs is 1. The molecule has 1 aromatic heterocycles. The second-order valence-electron chi connectivity index (χ2n) is 3.82. The summed E-state index contributed by atoms with van der Waals surface area (Å²) in [5.41, 5.74) is 3.12. The highest BCUT2D eigenvalue weighted by molar-refractivity contribution is 5.97. The number of carbonyl (C=O) groups is 1. The van der Waals surface area contributed by atoms with E-state index in [4.69, 9.17) is 0 Å². The lowest BCUT2D eigenvalue weighted by atomic mass is 10.1. The van der Waals surface area contributed by atoms with E-state index in [0.717, 1.165) is 22.2 Å². The van der Waals surface area contributed by atoms with Crippen LogP contribution in [0.5, 0.6) is 0 Å². The first-order chi connectivity index (χ1) is 8.15. The minimum Gasteiger partial charge on any atom is -0.464 e. The average molecular weight is 230 g/mol. The predicted molar refractivity (Wildman–Crippen MR) is 67.4 cm³/mol. The highest BCUT2D eigenvalue weighted by Gasteiger charge is 2.11. The first-order valence-corrected chi connectivity index (χ1v) is 5.33. The zero-order valence-corrected chi connectivity index (χ0v) is 10.1. The zero-order chi connectivity index (χ0) is 12.4. The highest BCUT2D eigenvalue weighted by atomic mass is 16.5. The molecule has 0 atom stereocenters. The molecule has 0 saturated heterocycles. The van der Waals surface area contributed by atoms with Gasteiger partial charge in [0.2, 0.25) is 0 Å². The molecule has 0 bridgehead atoms. The largest absolute Gasteiger partial charge is 0.464 e. The van der Waals surface area contributed by atoms with Crippen molar-refractivity contribution in [3.8, 4) is 0 Å². The summed E-state index contributed by atoms with van der Waals surface area (Å²) >= 11 is 0. The van der Waals surface area contributed by atoms with Gasteiger partial charge in [-0.15, -0.1) is 0 Å². The normalized spacial score (nSPS) is 10.3. The van der Waals surface area contributed by atoms with E-state index < -0.39 is 5.97 Å². The molecule has 4 heteroatoms. The number of esters is 1. The lowest BCUT2D eigenvalue weighted by Crippen LogP contribution is -2.05. The Bertz CT molecular complexity index is 579. The molecule has 0 amide bonds. The number of nitrogens with zero attached hydrogens (tertiary/aromatic N) is 1. The van der Waals surface area contributed by atoms with Crippen LogP contribution in [0.15, 0.2) is 24.3 Å². The minimum atomic E-state index is -0.427. The Kier molecular flexibility index (Phi) is 2.95. The molecule has 2 aromatic rings. The fourth-order valence-electron chi connectivity index (χ4n) is 1.76. The molecule has 0 saturated carbocycles. The monoisotopic (exact) mass is 230 g/mol. The Morgan fingerprint density at radius 2 is 2.12 bits per heavy atom. The van der Waals surface area contributed by atoms with Crippen molar-refractivity contribution in [3.63, 3.8) is 0 Å². The average Bonchev–Trinajstić information content (AvgIpc) is 2.36. The molecule has 1 heterocycles. The molecule has 1 N–H and O–H groups in total. The summed E-state index contributed by atoms with van der Waals surface area (Å²) in [6.45, 7) is 2.02. The van der Waals surface area contributed by atoms with E-state index in [1.807, 2.05) is 32.2 Å². The molecule has 0 radical (unpaired) electrons. The fraction of sp³-hybridized carbons (Fsp3) is 0.231. The number of ether oxygens (including phenoxy) is 1. The van der Waals surface area contributed by atoms with E-state index in [0.29, 0.717) is 5.69 Å². The molecule has 0 aliphatic rings. The lowest BCUT2D eigenvalue weighted by Gasteiger charge is -2.08. The van der Waals surface area contributed by atoms with Gasteiger partial charge in [0.15, 0.2) is 5.69 Å². The van der Waals surface area contributed by atoms with Crippen LogP contribution in [0.3, 0.4) is 0 Å². The molecule has 17 heavy (non-hydrogen) atoms. The third kappa shape index (κ3) is 2.06. The van der Waals surface area contributed by atoms with Gasteiger partial charge in [0.05, 0.1) is 12.6 Å². The van der Waals surface area contributed by atoms with E-state index >= 15 is 0 Å². The van der Waals surface area contributed by atoms with Crippen molar-refractivity contribution in [2.75, 3.05) is 19.5 Å². The van der Waals surface area contributed by atoms with Gasteiger partial charge >= 0.3 is 5.97 Å². The summed E-state index contributed by atoms with van der Waals surface area (Å²) in [5, 5.41) is 4.07. The molecule has 0 fully saturated rings. The molecule has 0 spiro atoms. The summed E-state index contributed by atoms with van der Waals surface area (Å²) in [6, 6.07) is 7.61. The fourth-order valence-corrected chi connectivity index (χ4v) is 1.76. The number of aromatic nitrogens is 1. The Balaban J connectivity index is 2.70. The van der Waals surface area contributed by atoms with E-state index in [1.165, 1.54) is 7.11 Å². The van der Waals surface area contributed by atoms with Crippen LogP contribution in [0.25, 0.3) is 10.9 Å². The number of nitrogens with one attached hydrogen (secondary N) is 1. The van der Waals surface area contributed by atoms with E-state index in [1.54, 1.807) is 6.07 Å². The quantitative estimate of drug-likeness (QED) is 0.805. The zero-order valence-electron chi connectivity index (χ0n) is 10.1. The number of methoxy groups -OCH3 is 1. The number of aryl methyl sites for hydroxylation is 1. The van der Waals surface area contributed by atoms with Gasteiger partial charge in [-0.3, -0.25) is 0 Å². The van der Waals surface area contributed by atoms with Crippen LogP contribution < -0.4 is 5.32 Å². The number of pyridine rings is 1. The number of hydrogen-bond donors (Lipinski definition) is 1. The van der Waals surface area contributed by atoms with Crippen LogP contribution in [0.4, 0.5) is 5.69 Å². The molecule has 4 nitrogen and oxygen atoms in total. The van der Waals surface area contributed by atoms with Gasteiger partial charge in [-0.1, -0.05) is 11.6 Å². The molecule has 88 valence electrons. The van der Waals surface area contributed by atoms with Crippen LogP contribution >= 0.6 is 0 Å². The number of benzene rings is 1. The van der Waals surface area contributed by atoms with Crippen molar-refractivity contribution in [2.24, 2.45) is 0 Å². The maximum atomic E-state index is 11.5. The van der Waals surface area contributed by atoms with Crippen molar-refractivity contribution in [2.45, 2.75) is 6.92 Å². The van der Waals surface area contributed by atoms with Crippen LogP contribution in [0.2, 0.25) is 0 Å². The minimum absolute atomic E-state index is 0.313. The second-order valence-corrected chi connectivity index (χ2v) is 3.82. The van der Waals surface area contributed by atoms with Crippen LogP contribution in [-0.4, -0.2) is 25.1 Å². The highest BCUT2D eigenvalue weighted by Crippen LogP contribution is 2.24. The predicted octanol–water partition coefficient (Wildman–Crippen LogP) is 2.37. The lowest BCUT2D eigenvalue weighted by molar-refractivity contribution is 0.0594. The summed E-state index contributed by atoms with van der Waals surface area (Å²) in [4.78, 5) is 15.8. The molecule has 0 aliphatic heterocycles. The Hall–Kier alpha value is -2.10. The number of carbonyl (C=O) groups excluding carboxylic acids is 1.